The number of nitrogens with zero attached hydrogens (tertiary/aromatic N) is 4. The lowest BCUT2D eigenvalue weighted by molar-refractivity contribution is 0.391. The fourth-order valence-corrected chi connectivity index (χ4v) is 4.26. The molecule has 0 aliphatic heterocycles. The number of aryl methyl sites for hydroxylation is 1. The van der Waals surface area contributed by atoms with Crippen LogP contribution in [-0.4, -0.2) is 19.7 Å². The largest absolute Gasteiger partial charge is 0.338 e. The maximum absolute atomic E-state index is 13.2. The molecule has 0 fully saturated rings. The van der Waals surface area contributed by atoms with Crippen LogP contribution in [0.3, 0.4) is 0 Å². The minimum atomic E-state index is -0.0622. The Morgan fingerprint density at radius 3 is 2.47 bits per heavy atom. The van der Waals surface area contributed by atoms with Crippen LogP contribution in [0.5, 0.6) is 0 Å². The fraction of sp³-hybridized carbons (Fsp3) is 0.120. The van der Waals surface area contributed by atoms with Crippen molar-refractivity contribution in [3.8, 4) is 11.4 Å². The summed E-state index contributed by atoms with van der Waals surface area (Å²) in [6.45, 7) is 2.48. The molecule has 2 heterocycles. The van der Waals surface area contributed by atoms with Crippen molar-refractivity contribution in [2.75, 3.05) is 0 Å². The predicted octanol–water partition coefficient (Wildman–Crippen LogP) is 5.10. The third-order valence-corrected chi connectivity index (χ3v) is 6.07. The van der Waals surface area contributed by atoms with Crippen LogP contribution < -0.4 is 5.56 Å². The summed E-state index contributed by atoms with van der Waals surface area (Å²) in [5, 5.41) is 5.32. The SMILES string of the molecule is Cc1ccc(-c2noc(CSc3nc4ccccc4c(=O)n3Cc3ccccc3)n2)cc1. The number of hydrogen-bond acceptors (Lipinski definition) is 6. The zero-order valence-electron chi connectivity index (χ0n) is 17.4. The number of fused-ring (bicyclic) bond motifs is 1. The molecule has 0 spiro atoms. The van der Waals surface area contributed by atoms with Crippen molar-refractivity contribution in [2.24, 2.45) is 0 Å². The molecule has 0 N–H and O–H groups in total. The zero-order chi connectivity index (χ0) is 21.9. The highest BCUT2D eigenvalue weighted by molar-refractivity contribution is 7.98. The molecule has 0 unspecified atom stereocenters. The number of aromatic nitrogens is 4. The van der Waals surface area contributed by atoms with Gasteiger partial charge in [0.25, 0.3) is 5.56 Å². The maximum atomic E-state index is 13.2. The van der Waals surface area contributed by atoms with Gasteiger partial charge >= 0.3 is 0 Å². The van der Waals surface area contributed by atoms with Gasteiger partial charge in [-0.05, 0) is 24.6 Å². The Labute approximate surface area is 188 Å². The van der Waals surface area contributed by atoms with Crippen LogP contribution in [0.1, 0.15) is 17.0 Å². The molecule has 158 valence electrons. The summed E-state index contributed by atoms with van der Waals surface area (Å²) in [5.41, 5.74) is 3.73. The van der Waals surface area contributed by atoms with Gasteiger partial charge in [0.15, 0.2) is 5.16 Å². The van der Waals surface area contributed by atoms with E-state index in [9.17, 15) is 4.79 Å². The normalized spacial score (nSPS) is 11.2. The fourth-order valence-electron chi connectivity index (χ4n) is 3.42. The molecule has 0 radical (unpaired) electrons. The second kappa shape index (κ2) is 8.80. The molecule has 32 heavy (non-hydrogen) atoms. The van der Waals surface area contributed by atoms with E-state index in [2.05, 4.69) is 10.1 Å². The zero-order valence-corrected chi connectivity index (χ0v) is 18.2. The molecule has 7 heteroatoms. The van der Waals surface area contributed by atoms with E-state index in [0.717, 1.165) is 11.1 Å². The molecule has 5 rings (SSSR count). The molecule has 3 aromatic carbocycles. The monoisotopic (exact) mass is 440 g/mol. The van der Waals surface area contributed by atoms with Crippen molar-refractivity contribution in [3.63, 3.8) is 0 Å². The lowest BCUT2D eigenvalue weighted by Crippen LogP contribution is -2.24. The van der Waals surface area contributed by atoms with E-state index in [-0.39, 0.29) is 5.56 Å². The molecule has 6 nitrogen and oxygen atoms in total. The predicted molar refractivity (Wildman–Crippen MR) is 126 cm³/mol. The van der Waals surface area contributed by atoms with E-state index in [0.29, 0.717) is 40.1 Å². The van der Waals surface area contributed by atoms with Crippen molar-refractivity contribution in [3.05, 3.63) is 106 Å². The van der Waals surface area contributed by atoms with Gasteiger partial charge in [0.2, 0.25) is 11.7 Å². The second-order valence-electron chi connectivity index (χ2n) is 7.45. The Hall–Kier alpha value is -3.71. The summed E-state index contributed by atoms with van der Waals surface area (Å²) in [6, 6.07) is 25.3. The first kappa shape index (κ1) is 20.2. The molecular weight excluding hydrogens is 420 g/mol. The summed E-state index contributed by atoms with van der Waals surface area (Å²) < 4.78 is 7.16. The van der Waals surface area contributed by atoms with Crippen molar-refractivity contribution in [1.82, 2.24) is 19.7 Å². The standard InChI is InChI=1S/C25H20N4O2S/c1-17-11-13-19(14-12-17)23-27-22(31-28-23)16-32-25-26-21-10-6-5-9-20(21)24(30)29(25)15-18-7-3-2-4-8-18/h2-14H,15-16H2,1H3. The lowest BCUT2D eigenvalue weighted by atomic mass is 10.1. The third kappa shape index (κ3) is 4.20. The summed E-state index contributed by atoms with van der Waals surface area (Å²) in [6.07, 6.45) is 0. The Kier molecular flexibility index (Phi) is 5.56. The first-order valence-electron chi connectivity index (χ1n) is 10.2. The van der Waals surface area contributed by atoms with Gasteiger partial charge in [-0.1, -0.05) is 89.2 Å². The first-order valence-corrected chi connectivity index (χ1v) is 11.2. The molecule has 0 saturated carbocycles. The van der Waals surface area contributed by atoms with Crippen LogP contribution in [0.15, 0.2) is 93.3 Å². The molecular formula is C25H20N4O2S. The van der Waals surface area contributed by atoms with Gasteiger partial charge in [-0.25, -0.2) is 4.98 Å². The van der Waals surface area contributed by atoms with Gasteiger partial charge in [0.1, 0.15) is 0 Å². The summed E-state index contributed by atoms with van der Waals surface area (Å²) in [7, 11) is 0. The molecule has 0 saturated heterocycles. The maximum Gasteiger partial charge on any atom is 0.262 e. The number of para-hydroxylation sites is 1. The smallest absolute Gasteiger partial charge is 0.262 e. The van der Waals surface area contributed by atoms with Crippen LogP contribution in [0, 0.1) is 6.92 Å². The highest BCUT2D eigenvalue weighted by Crippen LogP contribution is 2.24. The Bertz CT molecular complexity index is 1430. The third-order valence-electron chi connectivity index (χ3n) is 5.11. The van der Waals surface area contributed by atoms with Crippen molar-refractivity contribution >= 4 is 22.7 Å². The topological polar surface area (TPSA) is 73.8 Å². The lowest BCUT2D eigenvalue weighted by Gasteiger charge is -2.12. The van der Waals surface area contributed by atoms with Gasteiger partial charge in [0, 0.05) is 5.56 Å². The van der Waals surface area contributed by atoms with Crippen LogP contribution >= 0.6 is 11.8 Å². The van der Waals surface area contributed by atoms with E-state index in [4.69, 9.17) is 9.51 Å². The average Bonchev–Trinajstić information content (AvgIpc) is 3.30. The minimum absolute atomic E-state index is 0.0622. The summed E-state index contributed by atoms with van der Waals surface area (Å²) in [5.74, 6) is 1.45. The Morgan fingerprint density at radius 2 is 1.66 bits per heavy atom. The van der Waals surface area contributed by atoms with Crippen LogP contribution in [0.2, 0.25) is 0 Å². The van der Waals surface area contributed by atoms with Gasteiger partial charge in [0.05, 0.1) is 23.2 Å². The van der Waals surface area contributed by atoms with Crippen molar-refractivity contribution < 1.29 is 4.52 Å². The number of rotatable bonds is 6. The highest BCUT2D eigenvalue weighted by atomic mass is 32.2. The van der Waals surface area contributed by atoms with Gasteiger partial charge in [-0.15, -0.1) is 0 Å². The quantitative estimate of drug-likeness (QED) is 0.270. The second-order valence-corrected chi connectivity index (χ2v) is 8.40. The number of benzene rings is 3. The Morgan fingerprint density at radius 1 is 0.906 bits per heavy atom. The highest BCUT2D eigenvalue weighted by Gasteiger charge is 2.15. The van der Waals surface area contributed by atoms with Gasteiger partial charge in [-0.3, -0.25) is 9.36 Å². The van der Waals surface area contributed by atoms with Crippen molar-refractivity contribution in [1.29, 1.82) is 0 Å². The van der Waals surface area contributed by atoms with Gasteiger partial charge < -0.3 is 4.52 Å². The van der Waals surface area contributed by atoms with Crippen molar-refractivity contribution in [2.45, 2.75) is 24.4 Å². The molecule has 0 atom stereocenters. The molecule has 0 aliphatic rings. The van der Waals surface area contributed by atoms with E-state index >= 15 is 0 Å². The van der Waals surface area contributed by atoms with E-state index in [1.807, 2.05) is 85.8 Å². The van der Waals surface area contributed by atoms with E-state index in [1.165, 1.54) is 17.3 Å². The first-order chi connectivity index (χ1) is 15.7. The molecule has 0 amide bonds. The van der Waals surface area contributed by atoms with Crippen LogP contribution in [0.25, 0.3) is 22.3 Å². The summed E-state index contributed by atoms with van der Waals surface area (Å²) in [4.78, 5) is 22.5. The number of hydrogen-bond donors (Lipinski definition) is 0. The van der Waals surface area contributed by atoms with Crippen LogP contribution in [-0.2, 0) is 12.3 Å². The van der Waals surface area contributed by atoms with Crippen LogP contribution in [0.4, 0.5) is 0 Å². The van der Waals surface area contributed by atoms with E-state index in [1.54, 1.807) is 4.57 Å². The van der Waals surface area contributed by atoms with Gasteiger partial charge in [-0.2, -0.15) is 4.98 Å². The minimum Gasteiger partial charge on any atom is -0.338 e. The average molecular weight is 441 g/mol. The Balaban J connectivity index is 1.45. The molecule has 0 bridgehead atoms. The van der Waals surface area contributed by atoms with E-state index < -0.39 is 0 Å². The number of thioether (sulfide) groups is 1. The molecule has 5 aromatic rings. The molecule has 2 aromatic heterocycles. The summed E-state index contributed by atoms with van der Waals surface area (Å²) >= 11 is 1.41. The molecule has 0 aliphatic carbocycles.